The van der Waals surface area contributed by atoms with Gasteiger partial charge in [-0.3, -0.25) is 24.5 Å². The summed E-state index contributed by atoms with van der Waals surface area (Å²) in [6.45, 7) is 3.11. The zero-order valence-corrected chi connectivity index (χ0v) is 9.57. The third kappa shape index (κ3) is 1.48. The Morgan fingerprint density at radius 2 is 1.78 bits per heavy atom. The standard InChI is InChI=1S/C11H8N2O5/c1-4-3-6-7(8(5(4)2)13(17)18)9(14)10(15)11(16)12-6/h3H,1-2H3,(H,12,16). The highest BCUT2D eigenvalue weighted by atomic mass is 16.6. The van der Waals surface area contributed by atoms with E-state index in [9.17, 15) is 24.5 Å². The van der Waals surface area contributed by atoms with Gasteiger partial charge in [0.25, 0.3) is 17.4 Å². The molecule has 0 radical (unpaired) electrons. The molecule has 7 nitrogen and oxygen atoms in total. The Morgan fingerprint density at radius 1 is 1.17 bits per heavy atom. The molecule has 0 spiro atoms. The van der Waals surface area contributed by atoms with Gasteiger partial charge in [-0.2, -0.15) is 0 Å². The van der Waals surface area contributed by atoms with Crippen LogP contribution in [0.25, 0.3) is 0 Å². The maximum absolute atomic E-state index is 11.7. The monoisotopic (exact) mass is 248 g/mol. The lowest BCUT2D eigenvalue weighted by atomic mass is 9.93. The van der Waals surface area contributed by atoms with Crippen molar-refractivity contribution in [2.24, 2.45) is 0 Å². The number of aryl methyl sites for hydroxylation is 1. The SMILES string of the molecule is Cc1cc2c(c([N+](=O)[O-])c1C)C(=O)C(=O)C(=O)N2. The second-order valence-corrected chi connectivity index (χ2v) is 3.96. The lowest BCUT2D eigenvalue weighted by Crippen LogP contribution is -2.36. The third-order valence-corrected chi connectivity index (χ3v) is 2.88. The minimum Gasteiger partial charge on any atom is -0.318 e. The molecule has 0 saturated carbocycles. The smallest absolute Gasteiger partial charge is 0.300 e. The lowest BCUT2D eigenvalue weighted by Gasteiger charge is -2.16. The molecule has 0 unspecified atom stereocenters. The molecule has 0 fully saturated rings. The molecule has 1 aromatic carbocycles. The zero-order valence-electron chi connectivity index (χ0n) is 9.57. The molecule has 1 amide bonds. The molecule has 1 aromatic rings. The van der Waals surface area contributed by atoms with Gasteiger partial charge < -0.3 is 5.32 Å². The van der Waals surface area contributed by atoms with E-state index in [0.29, 0.717) is 11.1 Å². The van der Waals surface area contributed by atoms with E-state index in [1.807, 2.05) is 0 Å². The van der Waals surface area contributed by atoms with E-state index in [0.717, 1.165) is 0 Å². The molecule has 0 aromatic heterocycles. The van der Waals surface area contributed by atoms with Crippen LogP contribution in [0.5, 0.6) is 0 Å². The summed E-state index contributed by atoms with van der Waals surface area (Å²) in [5.74, 6) is -3.48. The number of nitrogens with one attached hydrogen (secondary N) is 1. The quantitative estimate of drug-likeness (QED) is 0.451. The highest BCUT2D eigenvalue weighted by molar-refractivity contribution is 6.71. The Balaban J connectivity index is 2.85. The van der Waals surface area contributed by atoms with Gasteiger partial charge in [-0.25, -0.2) is 0 Å². The first-order chi connectivity index (χ1) is 8.34. The van der Waals surface area contributed by atoms with Gasteiger partial charge >= 0.3 is 0 Å². The number of Topliss-reactive ketones (excluding diaryl/α,β-unsaturated/α-hetero) is 2. The molecule has 7 heteroatoms. The Labute approximate surface area is 101 Å². The summed E-state index contributed by atoms with van der Waals surface area (Å²) in [6.07, 6.45) is 0. The van der Waals surface area contributed by atoms with Gasteiger partial charge in [-0.1, -0.05) is 0 Å². The van der Waals surface area contributed by atoms with Crippen LogP contribution in [0.15, 0.2) is 6.07 Å². The summed E-state index contributed by atoms with van der Waals surface area (Å²) in [7, 11) is 0. The Hall–Kier alpha value is -2.57. The van der Waals surface area contributed by atoms with E-state index in [-0.39, 0.29) is 11.3 Å². The fraction of sp³-hybridized carbons (Fsp3) is 0.182. The third-order valence-electron chi connectivity index (χ3n) is 2.88. The van der Waals surface area contributed by atoms with Gasteiger partial charge in [-0.05, 0) is 25.5 Å². The average Bonchev–Trinajstić information content (AvgIpc) is 2.29. The Bertz CT molecular complexity index is 633. The number of carbonyl (C=O) groups excluding carboxylic acids is 3. The second-order valence-electron chi connectivity index (χ2n) is 3.96. The number of hydrogen-bond acceptors (Lipinski definition) is 5. The number of rotatable bonds is 1. The largest absolute Gasteiger partial charge is 0.318 e. The van der Waals surface area contributed by atoms with E-state index in [1.54, 1.807) is 6.92 Å². The van der Waals surface area contributed by atoms with Crippen molar-refractivity contribution in [1.29, 1.82) is 0 Å². The number of nitro groups is 1. The molecule has 0 atom stereocenters. The number of carbonyl (C=O) groups is 3. The number of anilines is 1. The van der Waals surface area contributed by atoms with Crippen molar-refractivity contribution >= 4 is 28.8 Å². The van der Waals surface area contributed by atoms with Gasteiger partial charge in [-0.15, -0.1) is 0 Å². The minimum atomic E-state index is -1.28. The van der Waals surface area contributed by atoms with Crippen molar-refractivity contribution in [3.63, 3.8) is 0 Å². The van der Waals surface area contributed by atoms with Crippen LogP contribution in [-0.4, -0.2) is 22.4 Å². The van der Waals surface area contributed by atoms with Crippen LogP contribution in [0.3, 0.4) is 0 Å². The van der Waals surface area contributed by atoms with E-state index in [2.05, 4.69) is 5.32 Å². The molecule has 1 aliphatic rings. The van der Waals surface area contributed by atoms with Crippen LogP contribution in [0.2, 0.25) is 0 Å². The predicted molar refractivity (Wildman–Crippen MR) is 60.5 cm³/mol. The normalized spacial score (nSPS) is 14.2. The summed E-state index contributed by atoms with van der Waals surface area (Å²) < 4.78 is 0. The van der Waals surface area contributed by atoms with Crippen LogP contribution in [0, 0.1) is 24.0 Å². The van der Waals surface area contributed by atoms with Gasteiger partial charge in [0.2, 0.25) is 5.78 Å². The Kier molecular flexibility index (Phi) is 2.46. The molecule has 0 aliphatic carbocycles. The first-order valence-corrected chi connectivity index (χ1v) is 5.03. The van der Waals surface area contributed by atoms with Crippen LogP contribution < -0.4 is 5.32 Å². The highest BCUT2D eigenvalue weighted by Gasteiger charge is 2.39. The maximum Gasteiger partial charge on any atom is 0.300 e. The van der Waals surface area contributed by atoms with E-state index >= 15 is 0 Å². The number of hydrogen-bond donors (Lipinski definition) is 1. The molecule has 18 heavy (non-hydrogen) atoms. The number of ketones is 2. The molecule has 1 heterocycles. The Morgan fingerprint density at radius 3 is 2.33 bits per heavy atom. The number of nitro benzene ring substituents is 1. The van der Waals surface area contributed by atoms with Crippen LogP contribution in [0.1, 0.15) is 21.5 Å². The molecule has 92 valence electrons. The van der Waals surface area contributed by atoms with E-state index in [1.165, 1.54) is 13.0 Å². The molecular formula is C11H8N2O5. The fourth-order valence-electron chi connectivity index (χ4n) is 1.85. The second kappa shape index (κ2) is 3.73. The van der Waals surface area contributed by atoms with Crippen molar-refractivity contribution in [1.82, 2.24) is 0 Å². The predicted octanol–water partition coefficient (Wildman–Crippen LogP) is 0.916. The first-order valence-electron chi connectivity index (χ1n) is 5.03. The minimum absolute atomic E-state index is 0.0133. The number of fused-ring (bicyclic) bond motifs is 1. The highest BCUT2D eigenvalue weighted by Crippen LogP contribution is 2.35. The summed E-state index contributed by atoms with van der Waals surface area (Å²) in [5, 5.41) is 13.2. The summed E-state index contributed by atoms with van der Waals surface area (Å²) in [5.41, 5.74) is 0.106. The average molecular weight is 248 g/mol. The van der Waals surface area contributed by atoms with Crippen molar-refractivity contribution in [2.45, 2.75) is 13.8 Å². The maximum atomic E-state index is 11.7. The summed E-state index contributed by atoms with van der Waals surface area (Å²) >= 11 is 0. The zero-order chi connectivity index (χ0) is 13.6. The number of amides is 1. The molecular weight excluding hydrogens is 240 g/mol. The van der Waals surface area contributed by atoms with Gasteiger partial charge in [0, 0.05) is 5.56 Å². The summed E-state index contributed by atoms with van der Waals surface area (Å²) in [6, 6.07) is 1.44. The van der Waals surface area contributed by atoms with Crippen LogP contribution in [0.4, 0.5) is 11.4 Å². The summed E-state index contributed by atoms with van der Waals surface area (Å²) in [4.78, 5) is 44.5. The van der Waals surface area contributed by atoms with Crippen LogP contribution >= 0.6 is 0 Å². The van der Waals surface area contributed by atoms with Crippen molar-refractivity contribution in [3.05, 3.63) is 32.9 Å². The van der Waals surface area contributed by atoms with E-state index in [4.69, 9.17) is 0 Å². The topological polar surface area (TPSA) is 106 Å². The van der Waals surface area contributed by atoms with Crippen molar-refractivity contribution in [3.8, 4) is 0 Å². The van der Waals surface area contributed by atoms with Crippen molar-refractivity contribution in [2.75, 3.05) is 5.32 Å². The van der Waals surface area contributed by atoms with Crippen molar-refractivity contribution < 1.29 is 19.3 Å². The van der Waals surface area contributed by atoms with Gasteiger partial charge in [0.1, 0.15) is 5.56 Å². The lowest BCUT2D eigenvalue weighted by molar-refractivity contribution is -0.385. The van der Waals surface area contributed by atoms with E-state index < -0.39 is 28.1 Å². The fourth-order valence-corrected chi connectivity index (χ4v) is 1.85. The molecule has 0 bridgehead atoms. The number of benzene rings is 1. The van der Waals surface area contributed by atoms with Gasteiger partial charge in [0.05, 0.1) is 10.6 Å². The van der Waals surface area contributed by atoms with Crippen LogP contribution in [-0.2, 0) is 9.59 Å². The number of nitrogens with zero attached hydrogens (tertiary/aromatic N) is 1. The molecule has 1 N–H and O–H groups in total. The molecule has 0 saturated heterocycles. The first kappa shape index (κ1) is 11.9. The molecule has 2 rings (SSSR count). The van der Waals surface area contributed by atoms with Gasteiger partial charge in [0.15, 0.2) is 0 Å². The molecule has 1 aliphatic heterocycles.